The average molecular weight is 285 g/mol. The van der Waals surface area contributed by atoms with Gasteiger partial charge in [-0.2, -0.15) is 0 Å². The SMILES string of the molecule is NC1=N[C@@H](CCOc2cccc(Br)c2)CO1. The zero-order chi connectivity index (χ0) is 11.4. The number of amidine groups is 1. The Morgan fingerprint density at radius 2 is 2.44 bits per heavy atom. The van der Waals surface area contributed by atoms with Gasteiger partial charge in [0.25, 0.3) is 6.02 Å². The van der Waals surface area contributed by atoms with Crippen LogP contribution in [0.4, 0.5) is 0 Å². The van der Waals surface area contributed by atoms with Crippen LogP contribution in [0.5, 0.6) is 5.75 Å². The third-order valence-corrected chi connectivity index (χ3v) is 2.74. The van der Waals surface area contributed by atoms with Gasteiger partial charge in [-0.15, -0.1) is 0 Å². The highest BCUT2D eigenvalue weighted by atomic mass is 79.9. The van der Waals surface area contributed by atoms with Crippen LogP contribution in [0, 0.1) is 0 Å². The smallest absolute Gasteiger partial charge is 0.282 e. The fourth-order valence-corrected chi connectivity index (χ4v) is 1.83. The molecule has 16 heavy (non-hydrogen) atoms. The van der Waals surface area contributed by atoms with Crippen LogP contribution in [0.25, 0.3) is 0 Å². The quantitative estimate of drug-likeness (QED) is 0.919. The number of halogens is 1. The van der Waals surface area contributed by atoms with Crippen molar-refractivity contribution in [3.05, 3.63) is 28.7 Å². The second-order valence-corrected chi connectivity index (χ2v) is 4.44. The van der Waals surface area contributed by atoms with Gasteiger partial charge in [-0.1, -0.05) is 22.0 Å². The van der Waals surface area contributed by atoms with Crippen molar-refractivity contribution in [1.82, 2.24) is 0 Å². The normalized spacial score (nSPS) is 19.1. The first kappa shape index (κ1) is 11.3. The molecule has 1 heterocycles. The highest BCUT2D eigenvalue weighted by molar-refractivity contribution is 9.10. The Morgan fingerprint density at radius 3 is 3.12 bits per heavy atom. The molecule has 0 fully saturated rings. The molecule has 2 rings (SSSR count). The van der Waals surface area contributed by atoms with Crippen molar-refractivity contribution in [3.63, 3.8) is 0 Å². The molecule has 0 aromatic heterocycles. The largest absolute Gasteiger partial charge is 0.493 e. The molecule has 0 saturated carbocycles. The predicted molar refractivity (Wildman–Crippen MR) is 65.6 cm³/mol. The molecule has 4 nitrogen and oxygen atoms in total. The molecule has 0 aliphatic carbocycles. The Balaban J connectivity index is 1.76. The van der Waals surface area contributed by atoms with Crippen LogP contribution in [-0.4, -0.2) is 25.3 Å². The van der Waals surface area contributed by atoms with E-state index in [1.807, 2.05) is 24.3 Å². The molecule has 1 aliphatic rings. The molecule has 0 spiro atoms. The lowest BCUT2D eigenvalue weighted by molar-refractivity contribution is 0.263. The maximum Gasteiger partial charge on any atom is 0.282 e. The Labute approximate surface area is 103 Å². The number of ether oxygens (including phenoxy) is 2. The Morgan fingerprint density at radius 1 is 1.56 bits per heavy atom. The lowest BCUT2D eigenvalue weighted by Crippen LogP contribution is -2.12. The monoisotopic (exact) mass is 284 g/mol. The van der Waals surface area contributed by atoms with E-state index in [-0.39, 0.29) is 12.1 Å². The standard InChI is InChI=1S/C11H13BrN2O2/c12-8-2-1-3-10(6-8)15-5-4-9-7-16-11(13)14-9/h1-3,6,9H,4-5,7H2,(H2,13,14)/t9-/m0/s1. The molecule has 1 aromatic carbocycles. The molecule has 1 atom stereocenters. The predicted octanol–water partition coefficient (Wildman–Crippen LogP) is 1.93. The van der Waals surface area contributed by atoms with Gasteiger partial charge in [-0.05, 0) is 18.2 Å². The molecule has 0 saturated heterocycles. The van der Waals surface area contributed by atoms with E-state index < -0.39 is 0 Å². The van der Waals surface area contributed by atoms with E-state index in [1.54, 1.807) is 0 Å². The van der Waals surface area contributed by atoms with Crippen LogP contribution in [0.3, 0.4) is 0 Å². The first-order valence-corrected chi connectivity index (χ1v) is 5.88. The van der Waals surface area contributed by atoms with Crippen molar-refractivity contribution >= 4 is 22.0 Å². The summed E-state index contributed by atoms with van der Waals surface area (Å²) in [5.41, 5.74) is 5.41. The minimum absolute atomic E-state index is 0.132. The summed E-state index contributed by atoms with van der Waals surface area (Å²) in [5.74, 6) is 0.852. The van der Waals surface area contributed by atoms with Crippen molar-refractivity contribution in [1.29, 1.82) is 0 Å². The third-order valence-electron chi connectivity index (χ3n) is 2.25. The van der Waals surface area contributed by atoms with Crippen molar-refractivity contribution in [2.45, 2.75) is 12.5 Å². The number of benzene rings is 1. The van der Waals surface area contributed by atoms with Crippen LogP contribution in [0.2, 0.25) is 0 Å². The molecular formula is C11H13BrN2O2. The first-order valence-electron chi connectivity index (χ1n) is 5.08. The molecule has 1 aromatic rings. The number of hydrogen-bond donors (Lipinski definition) is 1. The summed E-state index contributed by atoms with van der Waals surface area (Å²) in [7, 11) is 0. The fraction of sp³-hybridized carbons (Fsp3) is 0.364. The highest BCUT2D eigenvalue weighted by Gasteiger charge is 2.16. The minimum atomic E-state index is 0.132. The average Bonchev–Trinajstić information content (AvgIpc) is 2.64. The fourth-order valence-electron chi connectivity index (χ4n) is 1.45. The zero-order valence-corrected chi connectivity index (χ0v) is 10.3. The summed E-state index contributed by atoms with van der Waals surface area (Å²) in [4.78, 5) is 4.12. The summed E-state index contributed by atoms with van der Waals surface area (Å²) >= 11 is 3.39. The summed E-state index contributed by atoms with van der Waals surface area (Å²) in [6.45, 7) is 1.18. The topological polar surface area (TPSA) is 56.8 Å². The lowest BCUT2D eigenvalue weighted by atomic mass is 10.2. The van der Waals surface area contributed by atoms with Crippen LogP contribution in [-0.2, 0) is 4.74 Å². The van der Waals surface area contributed by atoms with E-state index >= 15 is 0 Å². The number of nitrogens with zero attached hydrogens (tertiary/aromatic N) is 1. The van der Waals surface area contributed by atoms with Gasteiger partial charge in [0.05, 0.1) is 12.6 Å². The van der Waals surface area contributed by atoms with Crippen LogP contribution >= 0.6 is 15.9 Å². The Hall–Kier alpha value is -1.23. The van der Waals surface area contributed by atoms with Gasteiger partial charge in [-0.25, -0.2) is 4.99 Å². The van der Waals surface area contributed by atoms with E-state index in [0.29, 0.717) is 13.2 Å². The molecule has 86 valence electrons. The number of aliphatic imine (C=N–C) groups is 1. The second kappa shape index (κ2) is 5.21. The molecule has 5 heteroatoms. The molecule has 0 radical (unpaired) electrons. The van der Waals surface area contributed by atoms with Crippen molar-refractivity contribution in [3.8, 4) is 5.75 Å². The van der Waals surface area contributed by atoms with E-state index in [2.05, 4.69) is 20.9 Å². The summed E-state index contributed by atoms with van der Waals surface area (Å²) < 4.78 is 11.7. The molecule has 0 unspecified atom stereocenters. The van der Waals surface area contributed by atoms with Crippen molar-refractivity contribution in [2.24, 2.45) is 10.7 Å². The maximum atomic E-state index is 5.59. The zero-order valence-electron chi connectivity index (χ0n) is 8.73. The van der Waals surface area contributed by atoms with Gasteiger partial charge in [0.1, 0.15) is 12.4 Å². The Bertz CT molecular complexity index is 395. The van der Waals surface area contributed by atoms with Gasteiger partial charge in [-0.3, -0.25) is 0 Å². The maximum absolute atomic E-state index is 5.59. The van der Waals surface area contributed by atoms with Crippen LogP contribution in [0.1, 0.15) is 6.42 Å². The molecule has 0 bridgehead atoms. The molecule has 2 N–H and O–H groups in total. The van der Waals surface area contributed by atoms with Crippen LogP contribution < -0.4 is 10.5 Å². The van der Waals surface area contributed by atoms with Gasteiger partial charge in [0.2, 0.25) is 0 Å². The summed E-state index contributed by atoms with van der Waals surface area (Å²) in [5, 5.41) is 0. The van der Waals surface area contributed by atoms with Crippen molar-refractivity contribution < 1.29 is 9.47 Å². The minimum Gasteiger partial charge on any atom is -0.493 e. The van der Waals surface area contributed by atoms with Crippen molar-refractivity contribution in [2.75, 3.05) is 13.2 Å². The highest BCUT2D eigenvalue weighted by Crippen LogP contribution is 2.18. The number of nitrogens with two attached hydrogens (primary N) is 1. The third kappa shape index (κ3) is 3.13. The molecular weight excluding hydrogens is 272 g/mol. The summed E-state index contributed by atoms with van der Waals surface area (Å²) in [6, 6.07) is 8.17. The van der Waals surface area contributed by atoms with Gasteiger partial charge >= 0.3 is 0 Å². The van der Waals surface area contributed by atoms with E-state index in [4.69, 9.17) is 15.2 Å². The van der Waals surface area contributed by atoms with E-state index in [0.717, 1.165) is 16.6 Å². The first-order chi connectivity index (χ1) is 7.74. The number of rotatable bonds is 4. The van der Waals surface area contributed by atoms with Gasteiger partial charge in [0.15, 0.2) is 0 Å². The molecule has 1 aliphatic heterocycles. The second-order valence-electron chi connectivity index (χ2n) is 3.53. The lowest BCUT2D eigenvalue weighted by Gasteiger charge is -2.08. The van der Waals surface area contributed by atoms with Gasteiger partial charge < -0.3 is 15.2 Å². The van der Waals surface area contributed by atoms with E-state index in [1.165, 1.54) is 0 Å². The number of hydrogen-bond acceptors (Lipinski definition) is 4. The van der Waals surface area contributed by atoms with Gasteiger partial charge in [0, 0.05) is 10.9 Å². The van der Waals surface area contributed by atoms with Crippen LogP contribution in [0.15, 0.2) is 33.7 Å². The molecule has 0 amide bonds. The van der Waals surface area contributed by atoms with E-state index in [9.17, 15) is 0 Å². The Kier molecular flexibility index (Phi) is 3.66. The summed E-state index contributed by atoms with van der Waals surface area (Å²) in [6.07, 6.45) is 0.813.